The Balaban J connectivity index is 1.90. The highest BCUT2D eigenvalue weighted by atomic mass is 16.3. The van der Waals surface area contributed by atoms with E-state index in [1.54, 1.807) is 16.9 Å². The maximum absolute atomic E-state index is 6.14. The number of pyridine rings is 2. The van der Waals surface area contributed by atoms with Crippen molar-refractivity contribution >= 4 is 22.5 Å². The molecule has 0 aliphatic carbocycles. The molecule has 5 aromatic heterocycles. The Hall–Kier alpha value is -3.81. The molecule has 0 bridgehead atoms. The monoisotopic (exact) mass is 343 g/mol. The largest absolute Gasteiger partial charge is 0.460 e. The summed E-state index contributed by atoms with van der Waals surface area (Å²) in [5.74, 6) is 1.72. The Morgan fingerprint density at radius 2 is 1.85 bits per heavy atom. The second kappa shape index (κ2) is 5.35. The van der Waals surface area contributed by atoms with Gasteiger partial charge in [0.05, 0.1) is 0 Å². The Morgan fingerprint density at radius 3 is 2.65 bits per heavy atom. The van der Waals surface area contributed by atoms with Gasteiger partial charge >= 0.3 is 0 Å². The smallest absolute Gasteiger partial charge is 0.155 e. The van der Waals surface area contributed by atoms with E-state index in [0.717, 1.165) is 22.5 Å². The van der Waals surface area contributed by atoms with Crippen molar-refractivity contribution in [3.05, 3.63) is 54.9 Å². The highest BCUT2D eigenvalue weighted by Crippen LogP contribution is 2.37. The minimum atomic E-state index is 0.308. The molecular weight excluding hydrogens is 330 g/mol. The summed E-state index contributed by atoms with van der Waals surface area (Å²) in [6, 6.07) is 7.60. The molecule has 0 spiro atoms. The quantitative estimate of drug-likeness (QED) is 0.525. The van der Waals surface area contributed by atoms with Gasteiger partial charge in [0, 0.05) is 29.7 Å². The molecule has 0 aliphatic heterocycles. The van der Waals surface area contributed by atoms with E-state index in [1.807, 2.05) is 37.4 Å². The third-order valence-corrected chi connectivity index (χ3v) is 4.18. The minimum absolute atomic E-state index is 0.308. The van der Waals surface area contributed by atoms with Crippen molar-refractivity contribution in [1.29, 1.82) is 0 Å². The molecule has 0 aliphatic rings. The maximum Gasteiger partial charge on any atom is 0.155 e. The van der Waals surface area contributed by atoms with Crippen LogP contribution in [0.1, 0.15) is 5.76 Å². The highest BCUT2D eigenvalue weighted by molar-refractivity contribution is 6.02. The van der Waals surface area contributed by atoms with Crippen molar-refractivity contribution in [2.75, 3.05) is 5.73 Å². The standard InChI is InChI=1S/C18H13N7O/c1-10-2-4-12(26-10)15-14(11-3-5-13-22-9-23-25(13)8-11)16-17(18(19)24-15)21-7-6-20-16/h2-9H,1H3,(H2,19,24). The number of nitrogens with zero attached hydrogens (tertiary/aromatic N) is 6. The van der Waals surface area contributed by atoms with Gasteiger partial charge in [0.2, 0.25) is 0 Å². The molecule has 5 heterocycles. The molecule has 0 saturated heterocycles. The molecule has 0 unspecified atom stereocenters. The van der Waals surface area contributed by atoms with E-state index in [0.29, 0.717) is 28.3 Å². The Bertz CT molecular complexity index is 1270. The first-order valence-corrected chi connectivity index (χ1v) is 7.97. The summed E-state index contributed by atoms with van der Waals surface area (Å²) in [6.45, 7) is 1.88. The molecule has 126 valence electrons. The molecule has 5 rings (SSSR count). The van der Waals surface area contributed by atoms with Crippen molar-refractivity contribution in [3.63, 3.8) is 0 Å². The van der Waals surface area contributed by atoms with E-state index >= 15 is 0 Å². The van der Waals surface area contributed by atoms with Crippen LogP contribution in [0, 0.1) is 6.92 Å². The van der Waals surface area contributed by atoms with Crippen LogP contribution in [0.2, 0.25) is 0 Å². The molecule has 0 fully saturated rings. The lowest BCUT2D eigenvalue weighted by atomic mass is 10.0. The van der Waals surface area contributed by atoms with Crippen LogP contribution in [-0.4, -0.2) is 29.5 Å². The Labute approximate surface area is 147 Å². The summed E-state index contributed by atoms with van der Waals surface area (Å²) in [4.78, 5) is 17.6. The minimum Gasteiger partial charge on any atom is -0.460 e. The number of hydrogen-bond donors (Lipinski definition) is 1. The summed E-state index contributed by atoms with van der Waals surface area (Å²) in [5, 5.41) is 4.21. The Morgan fingerprint density at radius 1 is 1.00 bits per heavy atom. The lowest BCUT2D eigenvalue weighted by Gasteiger charge is -2.12. The SMILES string of the molecule is Cc1ccc(-c2nc(N)c3nccnc3c2-c2ccc3ncnn3c2)o1. The van der Waals surface area contributed by atoms with E-state index in [-0.39, 0.29) is 0 Å². The average Bonchev–Trinajstić information content (AvgIpc) is 3.30. The molecular formula is C18H13N7O. The number of nitrogens with two attached hydrogens (primary N) is 1. The van der Waals surface area contributed by atoms with Gasteiger partial charge in [0.25, 0.3) is 0 Å². The van der Waals surface area contributed by atoms with Gasteiger partial charge < -0.3 is 10.2 Å². The van der Waals surface area contributed by atoms with Gasteiger partial charge in [-0.25, -0.2) is 19.5 Å². The fourth-order valence-electron chi connectivity index (χ4n) is 3.03. The van der Waals surface area contributed by atoms with Crippen LogP contribution in [0.15, 0.2) is 53.6 Å². The molecule has 0 saturated carbocycles. The van der Waals surface area contributed by atoms with E-state index in [2.05, 4.69) is 25.0 Å². The Kier molecular flexibility index (Phi) is 2.99. The summed E-state index contributed by atoms with van der Waals surface area (Å²) < 4.78 is 7.51. The first kappa shape index (κ1) is 14.5. The second-order valence-electron chi connectivity index (χ2n) is 5.87. The number of furan rings is 1. The van der Waals surface area contributed by atoms with Gasteiger partial charge in [-0.15, -0.1) is 0 Å². The molecule has 8 nitrogen and oxygen atoms in total. The summed E-state index contributed by atoms with van der Waals surface area (Å²) in [6.07, 6.45) is 6.62. The predicted octanol–water partition coefficient (Wildman–Crippen LogP) is 2.89. The summed E-state index contributed by atoms with van der Waals surface area (Å²) >= 11 is 0. The number of rotatable bonds is 2. The maximum atomic E-state index is 6.14. The van der Waals surface area contributed by atoms with Gasteiger partial charge in [-0.1, -0.05) is 0 Å². The molecule has 5 aromatic rings. The fraction of sp³-hybridized carbons (Fsp3) is 0.0556. The zero-order valence-corrected chi connectivity index (χ0v) is 13.8. The van der Waals surface area contributed by atoms with Gasteiger partial charge in [0.1, 0.15) is 28.8 Å². The summed E-state index contributed by atoms with van der Waals surface area (Å²) in [7, 11) is 0. The normalized spacial score (nSPS) is 11.4. The zero-order valence-electron chi connectivity index (χ0n) is 13.8. The highest BCUT2D eigenvalue weighted by Gasteiger charge is 2.20. The van der Waals surface area contributed by atoms with Crippen molar-refractivity contribution in [2.24, 2.45) is 0 Å². The topological polar surface area (TPSA) is 108 Å². The molecule has 0 atom stereocenters. The van der Waals surface area contributed by atoms with Gasteiger partial charge in [-0.2, -0.15) is 5.10 Å². The van der Waals surface area contributed by atoms with Crippen LogP contribution in [0.5, 0.6) is 0 Å². The van der Waals surface area contributed by atoms with E-state index in [4.69, 9.17) is 10.2 Å². The van der Waals surface area contributed by atoms with Crippen molar-refractivity contribution in [3.8, 4) is 22.6 Å². The number of nitrogen functional groups attached to an aromatic ring is 1. The molecule has 0 aromatic carbocycles. The summed E-state index contributed by atoms with van der Waals surface area (Å²) in [5.41, 5.74) is 10.4. The molecule has 8 heteroatoms. The average molecular weight is 343 g/mol. The van der Waals surface area contributed by atoms with Crippen molar-refractivity contribution in [1.82, 2.24) is 29.5 Å². The third-order valence-electron chi connectivity index (χ3n) is 4.18. The third kappa shape index (κ3) is 2.12. The lowest BCUT2D eigenvalue weighted by molar-refractivity contribution is 0.547. The van der Waals surface area contributed by atoms with Crippen LogP contribution in [0.25, 0.3) is 39.3 Å². The number of aryl methyl sites for hydroxylation is 1. The van der Waals surface area contributed by atoms with Gasteiger partial charge in [-0.05, 0) is 31.2 Å². The van der Waals surface area contributed by atoms with E-state index in [9.17, 15) is 0 Å². The second-order valence-corrected chi connectivity index (χ2v) is 5.87. The zero-order chi connectivity index (χ0) is 17.7. The van der Waals surface area contributed by atoms with Crippen LogP contribution >= 0.6 is 0 Å². The van der Waals surface area contributed by atoms with Crippen molar-refractivity contribution in [2.45, 2.75) is 6.92 Å². The molecule has 0 amide bonds. The number of fused-ring (bicyclic) bond motifs is 2. The molecule has 2 N–H and O–H groups in total. The van der Waals surface area contributed by atoms with Crippen LogP contribution < -0.4 is 5.73 Å². The first-order valence-electron chi connectivity index (χ1n) is 7.97. The van der Waals surface area contributed by atoms with Gasteiger partial charge in [-0.3, -0.25) is 4.98 Å². The first-order chi connectivity index (χ1) is 12.7. The number of aromatic nitrogens is 6. The van der Waals surface area contributed by atoms with Crippen LogP contribution in [-0.2, 0) is 0 Å². The fourth-order valence-corrected chi connectivity index (χ4v) is 3.03. The van der Waals surface area contributed by atoms with E-state index < -0.39 is 0 Å². The number of anilines is 1. The van der Waals surface area contributed by atoms with E-state index in [1.165, 1.54) is 6.33 Å². The van der Waals surface area contributed by atoms with Crippen molar-refractivity contribution < 1.29 is 4.42 Å². The van der Waals surface area contributed by atoms with Crippen LogP contribution in [0.3, 0.4) is 0 Å². The predicted molar refractivity (Wildman–Crippen MR) is 96.2 cm³/mol. The number of hydrogen-bond acceptors (Lipinski definition) is 7. The van der Waals surface area contributed by atoms with Crippen LogP contribution in [0.4, 0.5) is 5.82 Å². The lowest BCUT2D eigenvalue weighted by Crippen LogP contribution is -2.01. The van der Waals surface area contributed by atoms with Gasteiger partial charge in [0.15, 0.2) is 17.2 Å². The molecule has 26 heavy (non-hydrogen) atoms. The molecule has 0 radical (unpaired) electrons.